The summed E-state index contributed by atoms with van der Waals surface area (Å²) in [6.45, 7) is 1.89. The summed E-state index contributed by atoms with van der Waals surface area (Å²) < 4.78 is 0. The summed E-state index contributed by atoms with van der Waals surface area (Å²) in [4.78, 5) is 5.67. The molecule has 4 heteroatoms. The van der Waals surface area contributed by atoms with Gasteiger partial charge < -0.3 is 4.90 Å². The topological polar surface area (TPSA) is 15.6 Å². The molecule has 0 aromatic heterocycles. The molecule has 0 N–H and O–H groups in total. The van der Waals surface area contributed by atoms with E-state index in [0.29, 0.717) is 5.16 Å². The highest BCUT2D eigenvalue weighted by Crippen LogP contribution is 2.21. The zero-order chi connectivity index (χ0) is 7.72. The minimum atomic E-state index is -0.351. The largest absolute Gasteiger partial charge is 0.331 e. The number of aliphatic imine (C=N–C) groups is 1. The molecule has 0 saturated heterocycles. The maximum Gasteiger partial charge on any atom is 0.198 e. The Morgan fingerprint density at radius 2 is 2.30 bits per heavy atom. The van der Waals surface area contributed by atoms with Gasteiger partial charge in [-0.3, -0.25) is 4.99 Å². The van der Waals surface area contributed by atoms with E-state index in [9.17, 15) is 0 Å². The third-order valence-corrected chi connectivity index (χ3v) is 2.32. The van der Waals surface area contributed by atoms with Crippen LogP contribution in [0.1, 0.15) is 6.92 Å². The number of hydrogen-bond donors (Lipinski definition) is 0. The predicted octanol–water partition coefficient (Wildman–Crippen LogP) is 2.00. The van der Waals surface area contributed by atoms with Crippen LogP contribution in [0.3, 0.4) is 0 Å². The van der Waals surface area contributed by atoms with E-state index in [2.05, 4.69) is 4.99 Å². The molecule has 1 heterocycles. The summed E-state index contributed by atoms with van der Waals surface area (Å²) in [5, 5.41) is 0.662. The van der Waals surface area contributed by atoms with Gasteiger partial charge in [-0.15, -0.1) is 0 Å². The van der Waals surface area contributed by atoms with Crippen LogP contribution in [-0.4, -0.2) is 23.8 Å². The molecular weight excluding hydrogens is 171 g/mol. The molecule has 0 fully saturated rings. The molecule has 2 nitrogen and oxygen atoms in total. The van der Waals surface area contributed by atoms with Gasteiger partial charge >= 0.3 is 0 Å². The van der Waals surface area contributed by atoms with Crippen LogP contribution in [0, 0.1) is 0 Å². The standard InChI is InChI=1S/C6H8Cl2N2/c1-4-3-9-6(8)10(2)5(4)7/h3,6H,1-2H3. The van der Waals surface area contributed by atoms with Crippen LogP contribution in [0.25, 0.3) is 0 Å². The Labute approximate surface area is 70.1 Å². The monoisotopic (exact) mass is 178 g/mol. The normalized spacial score (nSPS) is 26.0. The smallest absolute Gasteiger partial charge is 0.198 e. The molecule has 0 amide bonds. The van der Waals surface area contributed by atoms with Crippen LogP contribution in [0.5, 0.6) is 0 Å². The summed E-state index contributed by atoms with van der Waals surface area (Å²) in [5.74, 6) is 0. The van der Waals surface area contributed by atoms with Crippen LogP contribution in [0.4, 0.5) is 0 Å². The maximum atomic E-state index is 5.84. The van der Waals surface area contributed by atoms with Gasteiger partial charge in [0.2, 0.25) is 0 Å². The number of alkyl halides is 1. The van der Waals surface area contributed by atoms with Crippen LogP contribution in [0.15, 0.2) is 15.7 Å². The van der Waals surface area contributed by atoms with Gasteiger partial charge in [-0.1, -0.05) is 23.2 Å². The van der Waals surface area contributed by atoms with Crippen molar-refractivity contribution in [3.05, 3.63) is 10.7 Å². The van der Waals surface area contributed by atoms with Gasteiger partial charge in [-0.05, 0) is 6.92 Å². The molecular formula is C6H8Cl2N2. The van der Waals surface area contributed by atoms with E-state index >= 15 is 0 Å². The first-order chi connectivity index (χ1) is 4.63. The lowest BCUT2D eigenvalue weighted by atomic mass is 10.3. The van der Waals surface area contributed by atoms with Crippen molar-refractivity contribution in [2.24, 2.45) is 4.99 Å². The van der Waals surface area contributed by atoms with Crippen molar-refractivity contribution in [2.45, 2.75) is 12.5 Å². The summed E-state index contributed by atoms with van der Waals surface area (Å²) in [6.07, 6.45) is 1.68. The van der Waals surface area contributed by atoms with Gasteiger partial charge in [-0.25, -0.2) is 0 Å². The van der Waals surface area contributed by atoms with Crippen molar-refractivity contribution < 1.29 is 0 Å². The Hall–Kier alpha value is -0.210. The van der Waals surface area contributed by atoms with E-state index in [1.54, 1.807) is 18.2 Å². The molecule has 56 valence electrons. The average Bonchev–Trinajstić information content (AvgIpc) is 1.93. The fourth-order valence-electron chi connectivity index (χ4n) is 0.698. The molecule has 1 rings (SSSR count). The molecule has 0 saturated carbocycles. The number of halogens is 2. The lowest BCUT2D eigenvalue weighted by Gasteiger charge is -2.24. The van der Waals surface area contributed by atoms with Crippen LogP contribution >= 0.6 is 23.2 Å². The molecule has 0 bridgehead atoms. The molecule has 1 atom stereocenters. The van der Waals surface area contributed by atoms with Crippen molar-refractivity contribution in [3.63, 3.8) is 0 Å². The van der Waals surface area contributed by atoms with Crippen LogP contribution in [0.2, 0.25) is 0 Å². The second-order valence-electron chi connectivity index (χ2n) is 2.17. The van der Waals surface area contributed by atoms with Gasteiger partial charge in [0.25, 0.3) is 0 Å². The molecule has 10 heavy (non-hydrogen) atoms. The van der Waals surface area contributed by atoms with Crippen LogP contribution < -0.4 is 0 Å². The van der Waals surface area contributed by atoms with Crippen molar-refractivity contribution >= 4 is 29.4 Å². The fraction of sp³-hybridized carbons (Fsp3) is 0.500. The maximum absolute atomic E-state index is 5.84. The summed E-state index contributed by atoms with van der Waals surface area (Å²) in [6, 6.07) is 0. The zero-order valence-electron chi connectivity index (χ0n) is 5.81. The third-order valence-electron chi connectivity index (χ3n) is 1.35. The van der Waals surface area contributed by atoms with Crippen LogP contribution in [-0.2, 0) is 0 Å². The van der Waals surface area contributed by atoms with Crippen molar-refractivity contribution in [1.82, 2.24) is 4.90 Å². The van der Waals surface area contributed by atoms with Gasteiger partial charge in [-0.2, -0.15) is 0 Å². The number of allylic oxidation sites excluding steroid dienone is 1. The Bertz CT molecular complexity index is 198. The molecule has 1 aliphatic rings. The van der Waals surface area contributed by atoms with Crippen molar-refractivity contribution in [2.75, 3.05) is 7.05 Å². The van der Waals surface area contributed by atoms with Crippen molar-refractivity contribution in [3.8, 4) is 0 Å². The summed E-state index contributed by atoms with van der Waals surface area (Å²) in [7, 11) is 1.81. The molecule has 0 aliphatic carbocycles. The first kappa shape index (κ1) is 7.89. The summed E-state index contributed by atoms with van der Waals surface area (Å²) >= 11 is 11.6. The first-order valence-electron chi connectivity index (χ1n) is 2.89. The van der Waals surface area contributed by atoms with Gasteiger partial charge in [0.05, 0.1) is 0 Å². The van der Waals surface area contributed by atoms with Gasteiger partial charge in [0.1, 0.15) is 5.16 Å². The summed E-state index contributed by atoms with van der Waals surface area (Å²) in [5.41, 5.74) is 0.595. The van der Waals surface area contributed by atoms with E-state index in [-0.39, 0.29) is 5.62 Å². The van der Waals surface area contributed by atoms with E-state index in [4.69, 9.17) is 23.2 Å². The second-order valence-corrected chi connectivity index (χ2v) is 2.92. The lowest BCUT2D eigenvalue weighted by Crippen LogP contribution is -2.26. The first-order valence-corrected chi connectivity index (χ1v) is 3.71. The highest BCUT2D eigenvalue weighted by Gasteiger charge is 2.16. The molecule has 1 aliphatic heterocycles. The lowest BCUT2D eigenvalue weighted by molar-refractivity contribution is 0.412. The van der Waals surface area contributed by atoms with E-state index in [0.717, 1.165) is 5.57 Å². The molecule has 0 aromatic rings. The van der Waals surface area contributed by atoms with E-state index in [1.807, 2.05) is 6.92 Å². The highest BCUT2D eigenvalue weighted by molar-refractivity contribution is 6.32. The average molecular weight is 179 g/mol. The van der Waals surface area contributed by atoms with E-state index in [1.165, 1.54) is 0 Å². The fourth-order valence-corrected chi connectivity index (χ4v) is 1.04. The predicted molar refractivity (Wildman–Crippen MR) is 44.4 cm³/mol. The van der Waals surface area contributed by atoms with Gasteiger partial charge in [0.15, 0.2) is 5.62 Å². The Morgan fingerprint density at radius 1 is 1.70 bits per heavy atom. The second kappa shape index (κ2) is 2.81. The number of rotatable bonds is 0. The third kappa shape index (κ3) is 1.27. The Morgan fingerprint density at radius 3 is 2.80 bits per heavy atom. The minimum absolute atomic E-state index is 0.351. The Balaban J connectivity index is 2.88. The quantitative estimate of drug-likeness (QED) is 0.410. The SMILES string of the molecule is CC1=C(Cl)N(C)C(Cl)N=C1. The molecule has 0 aromatic carbocycles. The Kier molecular flexibility index (Phi) is 2.21. The van der Waals surface area contributed by atoms with E-state index < -0.39 is 0 Å². The molecule has 0 spiro atoms. The molecule has 0 radical (unpaired) electrons. The van der Waals surface area contributed by atoms with Crippen molar-refractivity contribution in [1.29, 1.82) is 0 Å². The number of hydrogen-bond acceptors (Lipinski definition) is 2. The molecule has 1 unspecified atom stereocenters. The minimum Gasteiger partial charge on any atom is -0.331 e. The number of nitrogens with zero attached hydrogens (tertiary/aromatic N) is 2. The highest BCUT2D eigenvalue weighted by atomic mass is 35.5. The van der Waals surface area contributed by atoms with Gasteiger partial charge in [0, 0.05) is 18.8 Å². The zero-order valence-corrected chi connectivity index (χ0v) is 7.32.